The van der Waals surface area contributed by atoms with Gasteiger partial charge in [-0.15, -0.1) is 0 Å². The summed E-state index contributed by atoms with van der Waals surface area (Å²) in [7, 11) is 0. The fourth-order valence-electron chi connectivity index (χ4n) is 1.63. The summed E-state index contributed by atoms with van der Waals surface area (Å²) in [5.41, 5.74) is 6.74. The Morgan fingerprint density at radius 2 is 1.83 bits per heavy atom. The Balaban J connectivity index is 2.25. The molecule has 0 atom stereocenters. The Kier molecular flexibility index (Phi) is 5.03. The van der Waals surface area contributed by atoms with Crippen molar-refractivity contribution in [1.82, 2.24) is 0 Å². The predicted octanol–water partition coefficient (Wildman–Crippen LogP) is 4.35. The van der Waals surface area contributed by atoms with Crippen molar-refractivity contribution in [1.29, 1.82) is 0 Å². The summed E-state index contributed by atoms with van der Waals surface area (Å²) >= 11 is 5.74. The maximum atomic E-state index is 5.89. The monoisotopic (exact) mass is 417 g/mol. The largest absolute Gasteiger partial charge is 0.457 e. The number of hydrogen-bond acceptors (Lipinski definition) is 2. The topological polar surface area (TPSA) is 35.2 Å². The molecule has 0 radical (unpaired) electrons. The van der Waals surface area contributed by atoms with Crippen molar-refractivity contribution in [3.05, 3.63) is 56.1 Å². The highest BCUT2D eigenvalue weighted by molar-refractivity contribution is 14.1. The van der Waals surface area contributed by atoms with Gasteiger partial charge in [-0.05, 0) is 83.6 Å². The van der Waals surface area contributed by atoms with Gasteiger partial charge in [0.15, 0.2) is 0 Å². The van der Waals surface area contributed by atoms with E-state index in [1.54, 1.807) is 0 Å². The van der Waals surface area contributed by atoms with Crippen LogP contribution in [0.3, 0.4) is 0 Å². The molecule has 0 aliphatic heterocycles. The van der Waals surface area contributed by atoms with E-state index in [0.717, 1.165) is 28.0 Å². The van der Waals surface area contributed by atoms with Gasteiger partial charge in [-0.1, -0.05) is 15.9 Å². The van der Waals surface area contributed by atoms with Crippen LogP contribution in [0.4, 0.5) is 0 Å². The van der Waals surface area contributed by atoms with Gasteiger partial charge in [-0.2, -0.15) is 0 Å². The van der Waals surface area contributed by atoms with E-state index in [-0.39, 0.29) is 0 Å². The molecule has 18 heavy (non-hydrogen) atoms. The second-order valence-electron chi connectivity index (χ2n) is 3.85. The molecule has 0 aliphatic carbocycles. The fraction of sp³-hybridized carbons (Fsp3) is 0.143. The number of benzene rings is 2. The summed E-state index contributed by atoms with van der Waals surface area (Å²) in [4.78, 5) is 0. The van der Waals surface area contributed by atoms with E-state index in [4.69, 9.17) is 10.5 Å². The summed E-state index contributed by atoms with van der Waals surface area (Å²) < 4.78 is 8.13. The van der Waals surface area contributed by atoms with Crippen molar-refractivity contribution in [2.45, 2.75) is 6.42 Å². The molecular weight excluding hydrogens is 405 g/mol. The van der Waals surface area contributed by atoms with Crippen LogP contribution in [0, 0.1) is 3.57 Å². The lowest BCUT2D eigenvalue weighted by molar-refractivity contribution is 0.476. The highest BCUT2D eigenvalue weighted by Gasteiger charge is 2.05. The van der Waals surface area contributed by atoms with Gasteiger partial charge in [0.25, 0.3) is 0 Å². The van der Waals surface area contributed by atoms with Gasteiger partial charge in [0, 0.05) is 8.04 Å². The molecule has 0 fully saturated rings. The molecule has 0 bridgehead atoms. The smallest absolute Gasteiger partial charge is 0.130 e. The molecule has 4 heteroatoms. The highest BCUT2D eigenvalue weighted by Crippen LogP contribution is 2.28. The van der Waals surface area contributed by atoms with E-state index >= 15 is 0 Å². The number of nitrogens with two attached hydrogens (primary N) is 1. The number of hydrogen-bond donors (Lipinski definition) is 1. The van der Waals surface area contributed by atoms with E-state index in [2.05, 4.69) is 44.6 Å². The molecule has 2 aromatic carbocycles. The van der Waals surface area contributed by atoms with Crippen LogP contribution in [0.5, 0.6) is 11.5 Å². The lowest BCUT2D eigenvalue weighted by Crippen LogP contribution is -2.04. The van der Waals surface area contributed by atoms with Gasteiger partial charge in [-0.25, -0.2) is 0 Å². The van der Waals surface area contributed by atoms with Crippen molar-refractivity contribution in [2.75, 3.05) is 6.54 Å². The average molecular weight is 418 g/mol. The highest BCUT2D eigenvalue weighted by atomic mass is 127. The van der Waals surface area contributed by atoms with Gasteiger partial charge in [-0.3, -0.25) is 0 Å². The third-order valence-electron chi connectivity index (χ3n) is 2.48. The zero-order valence-electron chi connectivity index (χ0n) is 9.70. The van der Waals surface area contributed by atoms with E-state index in [0.29, 0.717) is 6.54 Å². The molecule has 0 spiro atoms. The summed E-state index contributed by atoms with van der Waals surface area (Å²) in [6.45, 7) is 0.611. The van der Waals surface area contributed by atoms with E-state index in [9.17, 15) is 0 Å². The minimum atomic E-state index is 0.611. The first kappa shape index (κ1) is 13.8. The van der Waals surface area contributed by atoms with Crippen molar-refractivity contribution >= 4 is 38.5 Å². The van der Waals surface area contributed by atoms with Crippen LogP contribution in [0.25, 0.3) is 0 Å². The number of rotatable bonds is 4. The molecule has 0 amide bonds. The molecule has 94 valence electrons. The second-order valence-corrected chi connectivity index (χ2v) is 6.01. The number of halogens is 2. The summed E-state index contributed by atoms with van der Waals surface area (Å²) in [5, 5.41) is 0. The Morgan fingerprint density at radius 3 is 2.50 bits per heavy atom. The summed E-state index contributed by atoms with van der Waals surface area (Å²) in [5.74, 6) is 1.71. The third-order valence-corrected chi connectivity index (χ3v) is 3.69. The van der Waals surface area contributed by atoms with Crippen LogP contribution in [-0.4, -0.2) is 6.54 Å². The van der Waals surface area contributed by atoms with Crippen LogP contribution in [0.2, 0.25) is 0 Å². The van der Waals surface area contributed by atoms with Gasteiger partial charge >= 0.3 is 0 Å². The Hall–Kier alpha value is -0.590. The Bertz CT molecular complexity index is 528. The molecular formula is C14H13BrINO. The normalized spacial score (nSPS) is 10.4. The van der Waals surface area contributed by atoms with E-state index in [1.165, 1.54) is 3.57 Å². The quantitative estimate of drug-likeness (QED) is 0.750. The maximum absolute atomic E-state index is 5.89. The van der Waals surface area contributed by atoms with Gasteiger partial charge in [0.2, 0.25) is 0 Å². The molecule has 0 unspecified atom stereocenters. The second kappa shape index (κ2) is 6.54. The zero-order chi connectivity index (χ0) is 13.0. The van der Waals surface area contributed by atoms with Crippen LogP contribution in [0.1, 0.15) is 5.56 Å². The first-order valence-electron chi connectivity index (χ1n) is 5.61. The molecule has 2 aromatic rings. The van der Waals surface area contributed by atoms with Crippen LogP contribution in [-0.2, 0) is 6.42 Å². The fourth-order valence-corrected chi connectivity index (χ4v) is 2.40. The molecule has 2 rings (SSSR count). The molecule has 0 heterocycles. The lowest BCUT2D eigenvalue weighted by atomic mass is 10.1. The van der Waals surface area contributed by atoms with E-state index < -0.39 is 0 Å². The van der Waals surface area contributed by atoms with Crippen molar-refractivity contribution in [2.24, 2.45) is 5.73 Å². The van der Waals surface area contributed by atoms with Crippen LogP contribution >= 0.6 is 38.5 Å². The molecule has 0 aromatic heterocycles. The van der Waals surface area contributed by atoms with Crippen molar-refractivity contribution in [3.63, 3.8) is 0 Å². The SMILES string of the molecule is NCCc1cc(Br)ccc1Oc1ccc(I)cc1. The maximum Gasteiger partial charge on any atom is 0.130 e. The predicted molar refractivity (Wildman–Crippen MR) is 86.1 cm³/mol. The van der Waals surface area contributed by atoms with E-state index in [1.807, 2.05) is 36.4 Å². The summed E-state index contributed by atoms with van der Waals surface area (Å²) in [6.07, 6.45) is 0.805. The van der Waals surface area contributed by atoms with Crippen LogP contribution in [0.15, 0.2) is 46.9 Å². The third kappa shape index (κ3) is 3.70. The molecule has 2 nitrogen and oxygen atoms in total. The van der Waals surface area contributed by atoms with Gasteiger partial charge < -0.3 is 10.5 Å². The first-order chi connectivity index (χ1) is 8.69. The minimum Gasteiger partial charge on any atom is -0.457 e. The standard InChI is InChI=1S/C14H13BrINO/c15-11-1-6-14(10(9-11)7-8-17)18-13-4-2-12(16)3-5-13/h1-6,9H,7-8,17H2. The summed E-state index contributed by atoms with van der Waals surface area (Å²) in [6, 6.07) is 14.0. The van der Waals surface area contributed by atoms with Gasteiger partial charge in [0.1, 0.15) is 11.5 Å². The minimum absolute atomic E-state index is 0.611. The lowest BCUT2D eigenvalue weighted by Gasteiger charge is -2.11. The Labute approximate surface area is 129 Å². The zero-order valence-corrected chi connectivity index (χ0v) is 13.4. The average Bonchev–Trinajstić information content (AvgIpc) is 2.36. The van der Waals surface area contributed by atoms with Crippen LogP contribution < -0.4 is 10.5 Å². The molecule has 0 saturated heterocycles. The molecule has 0 aliphatic rings. The van der Waals surface area contributed by atoms with Gasteiger partial charge in [0.05, 0.1) is 0 Å². The first-order valence-corrected chi connectivity index (χ1v) is 7.48. The molecule has 2 N–H and O–H groups in total. The van der Waals surface area contributed by atoms with Crippen molar-refractivity contribution < 1.29 is 4.74 Å². The van der Waals surface area contributed by atoms with Crippen molar-refractivity contribution in [3.8, 4) is 11.5 Å². The Morgan fingerprint density at radius 1 is 1.11 bits per heavy atom. The molecule has 0 saturated carbocycles. The number of ether oxygens (including phenoxy) is 1.